The average molecular weight is 266 g/mol. The van der Waals surface area contributed by atoms with Gasteiger partial charge in [0.1, 0.15) is 12.0 Å². The summed E-state index contributed by atoms with van der Waals surface area (Å²) in [6, 6.07) is 0. The predicted octanol–water partition coefficient (Wildman–Crippen LogP) is 2.94. The van der Waals surface area contributed by atoms with Crippen molar-refractivity contribution in [2.75, 3.05) is 24.2 Å². The standard InChI is InChI=1S/C14H26N4O/c1-6-7-19-13-11(15)12(17-9-18-13)16-8-14(4,5)10(2)3/h9-10H,6-8,15H2,1-5H3,(H,16,17,18). The van der Waals surface area contributed by atoms with E-state index in [2.05, 4.69) is 43.0 Å². The van der Waals surface area contributed by atoms with Crippen LogP contribution in [0.25, 0.3) is 0 Å². The third kappa shape index (κ3) is 4.26. The van der Waals surface area contributed by atoms with E-state index in [0.29, 0.717) is 29.9 Å². The minimum Gasteiger partial charge on any atom is -0.476 e. The Morgan fingerprint density at radius 3 is 2.63 bits per heavy atom. The quantitative estimate of drug-likeness (QED) is 0.793. The molecule has 0 amide bonds. The Hall–Kier alpha value is -1.52. The summed E-state index contributed by atoms with van der Waals surface area (Å²) in [5, 5.41) is 3.30. The molecule has 0 atom stereocenters. The average Bonchev–Trinajstić information content (AvgIpc) is 2.36. The highest BCUT2D eigenvalue weighted by molar-refractivity contribution is 5.66. The molecule has 0 aromatic carbocycles. The normalized spacial score (nSPS) is 11.7. The van der Waals surface area contributed by atoms with Crippen molar-refractivity contribution in [3.63, 3.8) is 0 Å². The number of hydrogen-bond donors (Lipinski definition) is 2. The van der Waals surface area contributed by atoms with Crippen LogP contribution in [0.4, 0.5) is 11.5 Å². The Kier molecular flexibility index (Phi) is 5.39. The maximum Gasteiger partial charge on any atom is 0.242 e. The second-order valence-corrected chi connectivity index (χ2v) is 5.79. The second-order valence-electron chi connectivity index (χ2n) is 5.79. The number of aromatic nitrogens is 2. The molecule has 1 aromatic heterocycles. The first-order chi connectivity index (χ1) is 8.88. The van der Waals surface area contributed by atoms with Gasteiger partial charge in [0.2, 0.25) is 5.88 Å². The molecule has 0 fully saturated rings. The fourth-order valence-corrected chi connectivity index (χ4v) is 1.35. The van der Waals surface area contributed by atoms with E-state index in [1.54, 1.807) is 0 Å². The number of hydrogen-bond acceptors (Lipinski definition) is 5. The van der Waals surface area contributed by atoms with E-state index >= 15 is 0 Å². The van der Waals surface area contributed by atoms with Crippen LogP contribution in [0.1, 0.15) is 41.0 Å². The highest BCUT2D eigenvalue weighted by atomic mass is 16.5. The monoisotopic (exact) mass is 266 g/mol. The molecule has 0 aliphatic carbocycles. The molecule has 0 radical (unpaired) electrons. The first-order valence-corrected chi connectivity index (χ1v) is 6.85. The minimum atomic E-state index is 0.168. The van der Waals surface area contributed by atoms with Gasteiger partial charge in [-0.05, 0) is 17.8 Å². The van der Waals surface area contributed by atoms with Crippen LogP contribution >= 0.6 is 0 Å². The highest BCUT2D eigenvalue weighted by Crippen LogP contribution is 2.29. The van der Waals surface area contributed by atoms with Crippen LogP contribution in [0.2, 0.25) is 0 Å². The van der Waals surface area contributed by atoms with Gasteiger partial charge in [-0.15, -0.1) is 0 Å². The summed E-state index contributed by atoms with van der Waals surface area (Å²) in [5.74, 6) is 1.68. The Morgan fingerprint density at radius 2 is 2.05 bits per heavy atom. The molecule has 5 heteroatoms. The summed E-state index contributed by atoms with van der Waals surface area (Å²) in [6.45, 7) is 12.3. The van der Waals surface area contributed by atoms with Gasteiger partial charge in [0.15, 0.2) is 5.82 Å². The van der Waals surface area contributed by atoms with E-state index in [9.17, 15) is 0 Å². The Bertz CT molecular complexity index is 404. The molecule has 1 heterocycles. The van der Waals surface area contributed by atoms with Gasteiger partial charge in [-0.3, -0.25) is 0 Å². The third-order valence-corrected chi connectivity index (χ3v) is 3.56. The molecule has 3 N–H and O–H groups in total. The lowest BCUT2D eigenvalue weighted by Gasteiger charge is -2.29. The van der Waals surface area contributed by atoms with Crippen molar-refractivity contribution in [2.45, 2.75) is 41.0 Å². The fourth-order valence-electron chi connectivity index (χ4n) is 1.35. The van der Waals surface area contributed by atoms with E-state index in [-0.39, 0.29) is 5.41 Å². The van der Waals surface area contributed by atoms with Crippen molar-refractivity contribution in [3.05, 3.63) is 6.33 Å². The number of anilines is 2. The number of nitrogens with zero attached hydrogens (tertiary/aromatic N) is 2. The molecule has 0 unspecified atom stereocenters. The fraction of sp³-hybridized carbons (Fsp3) is 0.714. The molecule has 0 aliphatic heterocycles. The van der Waals surface area contributed by atoms with Crippen LogP contribution < -0.4 is 15.8 Å². The number of nitrogen functional groups attached to an aromatic ring is 1. The largest absolute Gasteiger partial charge is 0.476 e. The topological polar surface area (TPSA) is 73.1 Å². The molecular formula is C14H26N4O. The lowest BCUT2D eigenvalue weighted by Crippen LogP contribution is -2.29. The third-order valence-electron chi connectivity index (χ3n) is 3.56. The molecule has 0 aliphatic rings. The highest BCUT2D eigenvalue weighted by Gasteiger charge is 2.22. The Labute approximate surface area is 116 Å². The summed E-state index contributed by atoms with van der Waals surface area (Å²) < 4.78 is 5.49. The van der Waals surface area contributed by atoms with Gasteiger partial charge in [0.05, 0.1) is 6.61 Å². The Balaban J connectivity index is 2.74. The first-order valence-electron chi connectivity index (χ1n) is 6.85. The molecule has 1 aromatic rings. The van der Waals surface area contributed by atoms with Gasteiger partial charge in [-0.2, -0.15) is 4.98 Å². The van der Waals surface area contributed by atoms with Gasteiger partial charge < -0.3 is 15.8 Å². The molecule has 108 valence electrons. The molecule has 0 saturated heterocycles. The SMILES string of the molecule is CCCOc1ncnc(NCC(C)(C)C(C)C)c1N. The van der Waals surface area contributed by atoms with Gasteiger partial charge in [-0.25, -0.2) is 4.98 Å². The van der Waals surface area contributed by atoms with Gasteiger partial charge >= 0.3 is 0 Å². The summed E-state index contributed by atoms with van der Waals surface area (Å²) in [4.78, 5) is 8.24. The van der Waals surface area contributed by atoms with Gasteiger partial charge in [0.25, 0.3) is 0 Å². The molecule has 0 spiro atoms. The van der Waals surface area contributed by atoms with Gasteiger partial charge in [-0.1, -0.05) is 34.6 Å². The number of rotatable bonds is 7. The van der Waals surface area contributed by atoms with Crippen LogP contribution in [0, 0.1) is 11.3 Å². The number of nitrogens with two attached hydrogens (primary N) is 1. The van der Waals surface area contributed by atoms with E-state index < -0.39 is 0 Å². The van der Waals surface area contributed by atoms with Crippen LogP contribution in [-0.4, -0.2) is 23.1 Å². The zero-order valence-electron chi connectivity index (χ0n) is 12.7. The smallest absolute Gasteiger partial charge is 0.242 e. The summed E-state index contributed by atoms with van der Waals surface area (Å²) in [5.41, 5.74) is 6.67. The molecule has 1 rings (SSSR count). The van der Waals surface area contributed by atoms with E-state index in [1.165, 1.54) is 6.33 Å². The molecule has 0 saturated carbocycles. The lowest BCUT2D eigenvalue weighted by molar-refractivity contribution is 0.269. The lowest BCUT2D eigenvalue weighted by atomic mass is 9.81. The summed E-state index contributed by atoms with van der Waals surface area (Å²) >= 11 is 0. The van der Waals surface area contributed by atoms with Crippen molar-refractivity contribution in [1.82, 2.24) is 9.97 Å². The van der Waals surface area contributed by atoms with Crippen molar-refractivity contribution in [1.29, 1.82) is 0 Å². The van der Waals surface area contributed by atoms with Gasteiger partial charge in [0, 0.05) is 6.54 Å². The van der Waals surface area contributed by atoms with Crippen LogP contribution in [-0.2, 0) is 0 Å². The maximum atomic E-state index is 6.02. The summed E-state index contributed by atoms with van der Waals surface area (Å²) in [6.07, 6.45) is 2.40. The molecular weight excluding hydrogens is 240 g/mol. The zero-order valence-corrected chi connectivity index (χ0v) is 12.7. The number of ether oxygens (including phenoxy) is 1. The first kappa shape index (κ1) is 15.5. The molecule has 0 bridgehead atoms. The van der Waals surface area contributed by atoms with Crippen LogP contribution in [0.3, 0.4) is 0 Å². The molecule has 19 heavy (non-hydrogen) atoms. The van der Waals surface area contributed by atoms with Crippen molar-refractivity contribution in [2.24, 2.45) is 11.3 Å². The minimum absolute atomic E-state index is 0.168. The van der Waals surface area contributed by atoms with Crippen molar-refractivity contribution < 1.29 is 4.74 Å². The predicted molar refractivity (Wildman–Crippen MR) is 79.3 cm³/mol. The summed E-state index contributed by atoms with van der Waals surface area (Å²) in [7, 11) is 0. The maximum absolute atomic E-state index is 6.02. The van der Waals surface area contributed by atoms with Crippen LogP contribution in [0.15, 0.2) is 6.33 Å². The zero-order chi connectivity index (χ0) is 14.5. The van der Waals surface area contributed by atoms with Crippen molar-refractivity contribution >= 4 is 11.5 Å². The molecule has 5 nitrogen and oxygen atoms in total. The van der Waals surface area contributed by atoms with E-state index in [4.69, 9.17) is 10.5 Å². The second kappa shape index (κ2) is 6.59. The Morgan fingerprint density at radius 1 is 1.37 bits per heavy atom. The van der Waals surface area contributed by atoms with E-state index in [1.807, 2.05) is 6.92 Å². The number of nitrogens with one attached hydrogen (secondary N) is 1. The van der Waals surface area contributed by atoms with Crippen LogP contribution in [0.5, 0.6) is 5.88 Å². The van der Waals surface area contributed by atoms with E-state index in [0.717, 1.165) is 13.0 Å². The van der Waals surface area contributed by atoms with Crippen molar-refractivity contribution in [3.8, 4) is 5.88 Å².